The van der Waals surface area contributed by atoms with Crippen molar-refractivity contribution in [3.8, 4) is 16.9 Å². The van der Waals surface area contributed by atoms with Gasteiger partial charge in [0.05, 0.1) is 12.2 Å². The second kappa shape index (κ2) is 5.82. The van der Waals surface area contributed by atoms with Gasteiger partial charge in [0.1, 0.15) is 17.4 Å². The van der Waals surface area contributed by atoms with Crippen molar-refractivity contribution in [3.05, 3.63) is 53.6 Å². The Morgan fingerprint density at radius 2 is 1.90 bits per heavy atom. The van der Waals surface area contributed by atoms with Gasteiger partial charge in [0, 0.05) is 5.56 Å². The van der Waals surface area contributed by atoms with Gasteiger partial charge in [0.15, 0.2) is 5.78 Å². The van der Waals surface area contributed by atoms with Gasteiger partial charge in [-0.1, -0.05) is 12.1 Å². The quantitative estimate of drug-likeness (QED) is 0.781. The summed E-state index contributed by atoms with van der Waals surface area (Å²) in [4.78, 5) is 11.2. The topological polar surface area (TPSA) is 26.3 Å². The molecule has 0 aromatic heterocycles. The van der Waals surface area contributed by atoms with E-state index in [1.165, 1.54) is 6.92 Å². The molecular formula is C16H14F2O2. The molecule has 2 rings (SSSR count). The maximum Gasteiger partial charge on any atom is 0.162 e. The van der Waals surface area contributed by atoms with Crippen LogP contribution in [-0.2, 0) is 0 Å². The molecule has 0 aliphatic heterocycles. The van der Waals surface area contributed by atoms with Crippen molar-refractivity contribution in [3.63, 3.8) is 0 Å². The number of benzene rings is 2. The van der Waals surface area contributed by atoms with Crippen LogP contribution in [0.2, 0.25) is 0 Å². The Balaban J connectivity index is 2.50. The zero-order valence-electron chi connectivity index (χ0n) is 11.2. The molecule has 0 spiro atoms. The highest BCUT2D eigenvalue weighted by Crippen LogP contribution is 2.28. The smallest absolute Gasteiger partial charge is 0.162 e. The molecule has 0 bridgehead atoms. The number of ether oxygens (including phenoxy) is 1. The fraction of sp³-hybridized carbons (Fsp3) is 0.188. The number of carbonyl (C=O) groups excluding carboxylic acids is 1. The standard InChI is InChI=1S/C16H14F2O2/c1-3-20-12-6-4-5-11(7-12)14-9-15(17)13(10(2)19)8-16(14)18/h4-9H,3H2,1-2H3. The number of halogens is 2. The van der Waals surface area contributed by atoms with Crippen LogP contribution < -0.4 is 4.74 Å². The van der Waals surface area contributed by atoms with E-state index >= 15 is 0 Å². The summed E-state index contributed by atoms with van der Waals surface area (Å²) in [7, 11) is 0. The van der Waals surface area contributed by atoms with Crippen molar-refractivity contribution in [2.24, 2.45) is 0 Å². The van der Waals surface area contributed by atoms with Crippen LogP contribution in [0, 0.1) is 11.6 Å². The van der Waals surface area contributed by atoms with E-state index in [9.17, 15) is 13.6 Å². The van der Waals surface area contributed by atoms with Crippen molar-refractivity contribution < 1.29 is 18.3 Å². The lowest BCUT2D eigenvalue weighted by Gasteiger charge is -2.09. The van der Waals surface area contributed by atoms with E-state index in [2.05, 4.69) is 0 Å². The maximum atomic E-state index is 14.0. The van der Waals surface area contributed by atoms with Crippen LogP contribution in [0.25, 0.3) is 11.1 Å². The highest BCUT2D eigenvalue weighted by molar-refractivity contribution is 5.95. The van der Waals surface area contributed by atoms with Gasteiger partial charge in [0.25, 0.3) is 0 Å². The maximum absolute atomic E-state index is 14.0. The summed E-state index contributed by atoms with van der Waals surface area (Å²) in [6.45, 7) is 3.53. The van der Waals surface area contributed by atoms with Gasteiger partial charge in [-0.25, -0.2) is 8.78 Å². The van der Waals surface area contributed by atoms with Gasteiger partial charge in [-0.2, -0.15) is 0 Å². The highest BCUT2D eigenvalue weighted by Gasteiger charge is 2.14. The number of ketones is 1. The first-order valence-electron chi connectivity index (χ1n) is 6.26. The van der Waals surface area contributed by atoms with Crippen molar-refractivity contribution in [1.82, 2.24) is 0 Å². The van der Waals surface area contributed by atoms with Gasteiger partial charge in [0.2, 0.25) is 0 Å². The van der Waals surface area contributed by atoms with Crippen LogP contribution >= 0.6 is 0 Å². The van der Waals surface area contributed by atoms with E-state index < -0.39 is 17.4 Å². The van der Waals surface area contributed by atoms with E-state index in [4.69, 9.17) is 4.74 Å². The molecule has 4 heteroatoms. The average molecular weight is 276 g/mol. The van der Waals surface area contributed by atoms with Crippen molar-refractivity contribution in [2.45, 2.75) is 13.8 Å². The molecule has 20 heavy (non-hydrogen) atoms. The minimum Gasteiger partial charge on any atom is -0.494 e. The van der Waals surface area contributed by atoms with Gasteiger partial charge in [-0.15, -0.1) is 0 Å². The Bertz CT molecular complexity index is 651. The molecule has 0 fully saturated rings. The van der Waals surface area contributed by atoms with Crippen LogP contribution in [-0.4, -0.2) is 12.4 Å². The van der Waals surface area contributed by atoms with Crippen LogP contribution in [0.1, 0.15) is 24.2 Å². The highest BCUT2D eigenvalue weighted by atomic mass is 19.1. The van der Waals surface area contributed by atoms with Gasteiger partial charge in [-0.05, 0) is 43.7 Å². The van der Waals surface area contributed by atoms with Crippen LogP contribution in [0.15, 0.2) is 36.4 Å². The zero-order valence-corrected chi connectivity index (χ0v) is 11.2. The minimum absolute atomic E-state index is 0.106. The summed E-state index contributed by atoms with van der Waals surface area (Å²) < 4.78 is 33.2. The predicted molar refractivity (Wildman–Crippen MR) is 73.0 cm³/mol. The Morgan fingerprint density at radius 3 is 2.55 bits per heavy atom. The molecule has 0 amide bonds. The monoisotopic (exact) mass is 276 g/mol. The third kappa shape index (κ3) is 2.85. The molecule has 0 atom stereocenters. The van der Waals surface area contributed by atoms with Gasteiger partial charge >= 0.3 is 0 Å². The van der Waals surface area contributed by atoms with Crippen molar-refractivity contribution in [2.75, 3.05) is 6.61 Å². The molecule has 2 aromatic carbocycles. The SMILES string of the molecule is CCOc1cccc(-c2cc(F)c(C(C)=O)cc2F)c1. The Kier molecular flexibility index (Phi) is 4.13. The van der Waals surface area contributed by atoms with E-state index in [0.29, 0.717) is 17.9 Å². The summed E-state index contributed by atoms with van der Waals surface area (Å²) in [5, 5.41) is 0. The Hall–Kier alpha value is -2.23. The molecule has 0 aliphatic carbocycles. The molecule has 2 aromatic rings. The number of carbonyl (C=O) groups is 1. The molecule has 0 unspecified atom stereocenters. The summed E-state index contributed by atoms with van der Waals surface area (Å²) in [5.74, 6) is -1.28. The first-order chi connectivity index (χ1) is 9.52. The van der Waals surface area contributed by atoms with E-state index in [-0.39, 0.29) is 11.1 Å². The third-order valence-corrected chi connectivity index (χ3v) is 2.89. The normalized spacial score (nSPS) is 10.4. The van der Waals surface area contributed by atoms with Crippen molar-refractivity contribution >= 4 is 5.78 Å². The van der Waals surface area contributed by atoms with Crippen molar-refractivity contribution in [1.29, 1.82) is 0 Å². The molecule has 104 valence electrons. The first kappa shape index (κ1) is 14.2. The van der Waals surface area contributed by atoms with Crippen LogP contribution in [0.5, 0.6) is 5.75 Å². The molecule has 2 nitrogen and oxygen atoms in total. The van der Waals surface area contributed by atoms with E-state index in [0.717, 1.165) is 12.1 Å². The lowest BCUT2D eigenvalue weighted by atomic mass is 10.0. The second-order valence-corrected chi connectivity index (χ2v) is 4.33. The molecular weight excluding hydrogens is 262 g/mol. The lowest BCUT2D eigenvalue weighted by molar-refractivity contribution is 0.101. The number of hydrogen-bond donors (Lipinski definition) is 0. The van der Waals surface area contributed by atoms with Crippen LogP contribution in [0.4, 0.5) is 8.78 Å². The average Bonchev–Trinajstić information content (AvgIpc) is 2.41. The molecule has 0 radical (unpaired) electrons. The predicted octanol–water partition coefficient (Wildman–Crippen LogP) is 4.23. The molecule has 0 saturated carbocycles. The summed E-state index contributed by atoms with van der Waals surface area (Å²) in [5.41, 5.74) is 0.365. The molecule has 0 N–H and O–H groups in total. The minimum atomic E-state index is -0.726. The van der Waals surface area contributed by atoms with Gasteiger partial charge < -0.3 is 4.74 Å². The molecule has 0 heterocycles. The fourth-order valence-corrected chi connectivity index (χ4v) is 1.96. The summed E-state index contributed by atoms with van der Waals surface area (Å²) >= 11 is 0. The zero-order chi connectivity index (χ0) is 14.7. The number of hydrogen-bond acceptors (Lipinski definition) is 2. The second-order valence-electron chi connectivity index (χ2n) is 4.33. The Morgan fingerprint density at radius 1 is 1.15 bits per heavy atom. The van der Waals surface area contributed by atoms with E-state index in [1.807, 2.05) is 6.92 Å². The van der Waals surface area contributed by atoms with E-state index in [1.54, 1.807) is 24.3 Å². The molecule has 0 saturated heterocycles. The largest absolute Gasteiger partial charge is 0.494 e. The lowest BCUT2D eigenvalue weighted by Crippen LogP contribution is -2.00. The molecule has 0 aliphatic rings. The summed E-state index contributed by atoms with van der Waals surface area (Å²) in [6, 6.07) is 8.71. The van der Waals surface area contributed by atoms with Crippen LogP contribution in [0.3, 0.4) is 0 Å². The third-order valence-electron chi connectivity index (χ3n) is 2.89. The number of Topliss-reactive ketones (excluding diaryl/α,β-unsaturated/α-hetero) is 1. The Labute approximate surface area is 116 Å². The number of rotatable bonds is 4. The first-order valence-corrected chi connectivity index (χ1v) is 6.26. The van der Waals surface area contributed by atoms with Gasteiger partial charge in [-0.3, -0.25) is 4.79 Å². The summed E-state index contributed by atoms with van der Waals surface area (Å²) in [6.07, 6.45) is 0. The fourth-order valence-electron chi connectivity index (χ4n) is 1.96.